The molecule has 1 aromatic rings. The topological polar surface area (TPSA) is 32.9 Å². The predicted molar refractivity (Wildman–Crippen MR) is 43.1 cm³/mol. The van der Waals surface area contributed by atoms with Crippen LogP contribution in [-0.4, -0.2) is 4.98 Å². The van der Waals surface area contributed by atoms with Gasteiger partial charge >= 0.3 is 0 Å². The van der Waals surface area contributed by atoms with Crippen molar-refractivity contribution >= 4 is 0 Å². The van der Waals surface area contributed by atoms with Crippen LogP contribution in [0.5, 0.6) is 0 Å². The summed E-state index contributed by atoms with van der Waals surface area (Å²) < 4.78 is 12.2. The van der Waals surface area contributed by atoms with Crippen LogP contribution in [0.1, 0.15) is 19.4 Å². The summed E-state index contributed by atoms with van der Waals surface area (Å²) in [6.07, 6.45) is 1.46. The second-order valence-electron chi connectivity index (χ2n) is 1.85. The van der Waals surface area contributed by atoms with Gasteiger partial charge in [0.1, 0.15) is 0 Å². The maximum Gasteiger partial charge on any atom is 0.283 e. The largest absolute Gasteiger partial charge is 0.326 e. The number of halogens is 1. The quantitative estimate of drug-likeness (QED) is 0.612. The molecular formula is C8H12FNO. The average molecular weight is 157 g/mol. The third-order valence-electron chi connectivity index (χ3n) is 1.00. The van der Waals surface area contributed by atoms with E-state index in [1.807, 2.05) is 13.8 Å². The summed E-state index contributed by atoms with van der Waals surface area (Å²) in [5.41, 5.74) is 0.0488. The molecule has 0 bridgehead atoms. The van der Waals surface area contributed by atoms with Crippen molar-refractivity contribution in [3.63, 3.8) is 0 Å². The highest BCUT2D eigenvalue weighted by molar-refractivity contribution is 5.07. The van der Waals surface area contributed by atoms with Crippen molar-refractivity contribution in [2.24, 2.45) is 0 Å². The van der Waals surface area contributed by atoms with Gasteiger partial charge in [0.15, 0.2) is 5.82 Å². The SMILES string of the molecule is CC.Cc1c[nH]c(=O)c(F)c1. The average Bonchev–Trinajstić information content (AvgIpc) is 2.02. The number of nitrogens with one attached hydrogen (secondary N) is 1. The molecule has 0 aromatic carbocycles. The number of hydrogen-bond donors (Lipinski definition) is 1. The van der Waals surface area contributed by atoms with Gasteiger partial charge in [-0.05, 0) is 18.6 Å². The van der Waals surface area contributed by atoms with E-state index in [2.05, 4.69) is 4.98 Å². The number of H-pyrrole nitrogens is 1. The Kier molecular flexibility index (Phi) is 4.18. The minimum atomic E-state index is -0.727. The van der Waals surface area contributed by atoms with E-state index in [0.29, 0.717) is 5.56 Å². The molecule has 1 rings (SSSR count). The number of aromatic amines is 1. The highest BCUT2D eigenvalue weighted by Crippen LogP contribution is 1.91. The molecule has 1 N–H and O–H groups in total. The van der Waals surface area contributed by atoms with Crippen LogP contribution in [0.15, 0.2) is 17.1 Å². The predicted octanol–water partition coefficient (Wildman–Crippen LogP) is 1.85. The summed E-state index contributed by atoms with van der Waals surface area (Å²) in [6.45, 7) is 5.71. The lowest BCUT2D eigenvalue weighted by atomic mass is 10.3. The number of aryl methyl sites for hydroxylation is 1. The third kappa shape index (κ3) is 2.98. The summed E-state index contributed by atoms with van der Waals surface area (Å²) in [5.74, 6) is -0.727. The molecule has 0 radical (unpaired) electrons. The molecule has 0 atom stereocenters. The van der Waals surface area contributed by atoms with Crippen LogP contribution in [-0.2, 0) is 0 Å². The molecule has 62 valence electrons. The summed E-state index contributed by atoms with van der Waals surface area (Å²) in [6, 6.07) is 1.19. The molecule has 0 aliphatic rings. The lowest BCUT2D eigenvalue weighted by molar-refractivity contribution is 0.607. The lowest BCUT2D eigenvalue weighted by Gasteiger charge is -1.88. The highest BCUT2D eigenvalue weighted by atomic mass is 19.1. The van der Waals surface area contributed by atoms with Crippen LogP contribution in [0.4, 0.5) is 4.39 Å². The number of rotatable bonds is 0. The molecule has 0 spiro atoms. The minimum absolute atomic E-state index is 0.666. The molecule has 3 heteroatoms. The van der Waals surface area contributed by atoms with Crippen molar-refractivity contribution in [3.05, 3.63) is 34.0 Å². The fourth-order valence-electron chi connectivity index (χ4n) is 0.555. The Morgan fingerprint density at radius 3 is 2.36 bits per heavy atom. The highest BCUT2D eigenvalue weighted by Gasteiger charge is 1.93. The summed E-state index contributed by atoms with van der Waals surface area (Å²) in [7, 11) is 0. The van der Waals surface area contributed by atoms with Crippen molar-refractivity contribution in [2.45, 2.75) is 20.8 Å². The summed E-state index contributed by atoms with van der Waals surface area (Å²) in [4.78, 5) is 12.6. The van der Waals surface area contributed by atoms with Crippen LogP contribution < -0.4 is 5.56 Å². The number of pyridine rings is 1. The van der Waals surface area contributed by atoms with Gasteiger partial charge in [-0.3, -0.25) is 4.79 Å². The number of aromatic nitrogens is 1. The van der Waals surface area contributed by atoms with E-state index in [1.165, 1.54) is 12.3 Å². The van der Waals surface area contributed by atoms with E-state index >= 15 is 0 Å². The van der Waals surface area contributed by atoms with Crippen LogP contribution in [0.2, 0.25) is 0 Å². The molecule has 0 aliphatic carbocycles. The van der Waals surface area contributed by atoms with Gasteiger partial charge in [-0.15, -0.1) is 0 Å². The Balaban J connectivity index is 0.000000461. The van der Waals surface area contributed by atoms with Crippen LogP contribution in [0, 0.1) is 12.7 Å². The van der Waals surface area contributed by atoms with E-state index in [1.54, 1.807) is 6.92 Å². The van der Waals surface area contributed by atoms with Crippen LogP contribution >= 0.6 is 0 Å². The zero-order valence-corrected chi connectivity index (χ0v) is 6.94. The van der Waals surface area contributed by atoms with E-state index in [0.717, 1.165) is 0 Å². The maximum atomic E-state index is 12.2. The zero-order chi connectivity index (χ0) is 8.85. The third-order valence-corrected chi connectivity index (χ3v) is 1.00. The molecule has 1 aromatic heterocycles. The smallest absolute Gasteiger partial charge is 0.283 e. The van der Waals surface area contributed by atoms with Gasteiger partial charge in [0.2, 0.25) is 0 Å². The molecule has 0 unspecified atom stereocenters. The first-order valence-electron chi connectivity index (χ1n) is 3.55. The van der Waals surface area contributed by atoms with Crippen molar-refractivity contribution in [1.29, 1.82) is 0 Å². The first kappa shape index (κ1) is 9.88. The first-order chi connectivity index (χ1) is 5.20. The minimum Gasteiger partial charge on any atom is -0.326 e. The van der Waals surface area contributed by atoms with E-state index < -0.39 is 11.4 Å². The molecule has 11 heavy (non-hydrogen) atoms. The van der Waals surface area contributed by atoms with Gasteiger partial charge in [-0.2, -0.15) is 0 Å². The Bertz CT molecular complexity index is 267. The lowest BCUT2D eigenvalue weighted by Crippen LogP contribution is -2.08. The van der Waals surface area contributed by atoms with Gasteiger partial charge in [0.05, 0.1) is 0 Å². The zero-order valence-electron chi connectivity index (χ0n) is 6.94. The Hall–Kier alpha value is -1.12. The number of hydrogen-bond acceptors (Lipinski definition) is 1. The first-order valence-corrected chi connectivity index (χ1v) is 3.55. The van der Waals surface area contributed by atoms with Crippen molar-refractivity contribution in [2.75, 3.05) is 0 Å². The van der Waals surface area contributed by atoms with Crippen molar-refractivity contribution in [3.8, 4) is 0 Å². The van der Waals surface area contributed by atoms with Crippen molar-refractivity contribution in [1.82, 2.24) is 4.98 Å². The van der Waals surface area contributed by atoms with E-state index in [4.69, 9.17) is 0 Å². The van der Waals surface area contributed by atoms with Gasteiger partial charge in [0.25, 0.3) is 5.56 Å². The van der Waals surface area contributed by atoms with Crippen molar-refractivity contribution < 1.29 is 4.39 Å². The van der Waals surface area contributed by atoms with Crippen LogP contribution in [0.25, 0.3) is 0 Å². The van der Waals surface area contributed by atoms with Gasteiger partial charge in [-0.25, -0.2) is 4.39 Å². The van der Waals surface area contributed by atoms with E-state index in [-0.39, 0.29) is 0 Å². The molecule has 2 nitrogen and oxygen atoms in total. The molecular weight excluding hydrogens is 145 g/mol. The Morgan fingerprint density at radius 2 is 2.00 bits per heavy atom. The molecule has 0 fully saturated rings. The normalized spacial score (nSPS) is 8.36. The van der Waals surface area contributed by atoms with Crippen LogP contribution in [0.3, 0.4) is 0 Å². The second-order valence-corrected chi connectivity index (χ2v) is 1.85. The monoisotopic (exact) mass is 157 g/mol. The van der Waals surface area contributed by atoms with Gasteiger partial charge in [0, 0.05) is 6.20 Å². The summed E-state index contributed by atoms with van der Waals surface area (Å²) in [5, 5.41) is 0. The maximum absolute atomic E-state index is 12.2. The molecule has 0 amide bonds. The fraction of sp³-hybridized carbons (Fsp3) is 0.375. The molecule has 0 saturated carbocycles. The molecule has 1 heterocycles. The summed E-state index contributed by atoms with van der Waals surface area (Å²) >= 11 is 0. The molecule has 0 saturated heterocycles. The standard InChI is InChI=1S/C6H6FNO.C2H6/c1-4-2-5(7)6(9)8-3-4;1-2/h2-3H,1H3,(H,8,9);1-2H3. The van der Waals surface area contributed by atoms with E-state index in [9.17, 15) is 9.18 Å². The molecule has 0 aliphatic heterocycles. The second kappa shape index (κ2) is 4.66. The Labute approximate surface area is 65.1 Å². The Morgan fingerprint density at radius 1 is 1.45 bits per heavy atom. The van der Waals surface area contributed by atoms with Gasteiger partial charge < -0.3 is 4.98 Å². The fourth-order valence-corrected chi connectivity index (χ4v) is 0.555. The van der Waals surface area contributed by atoms with Gasteiger partial charge in [-0.1, -0.05) is 13.8 Å².